The number of aryl methyl sites for hydroxylation is 2. The highest BCUT2D eigenvalue weighted by molar-refractivity contribution is 6.33. The fraction of sp³-hybridized carbons (Fsp3) is 0.364. The SMILES string of the molecule is Cc1ccc(C)c(C(=O)C(C)Cl)c1. The van der Waals surface area contributed by atoms with Crippen molar-refractivity contribution >= 4 is 17.4 Å². The van der Waals surface area contributed by atoms with Gasteiger partial charge in [-0.1, -0.05) is 17.7 Å². The van der Waals surface area contributed by atoms with Crippen LogP contribution in [-0.4, -0.2) is 11.2 Å². The standard InChI is InChI=1S/C11H13ClO/c1-7-4-5-8(2)10(6-7)11(13)9(3)12/h4-6,9H,1-3H3. The number of rotatable bonds is 2. The van der Waals surface area contributed by atoms with Crippen molar-refractivity contribution in [2.24, 2.45) is 0 Å². The first-order valence-electron chi connectivity index (χ1n) is 4.28. The Morgan fingerprint density at radius 3 is 2.54 bits per heavy atom. The summed E-state index contributed by atoms with van der Waals surface area (Å²) in [5, 5.41) is -0.444. The highest BCUT2D eigenvalue weighted by atomic mass is 35.5. The van der Waals surface area contributed by atoms with E-state index in [2.05, 4.69) is 0 Å². The van der Waals surface area contributed by atoms with Crippen molar-refractivity contribution in [3.05, 3.63) is 34.9 Å². The molecule has 13 heavy (non-hydrogen) atoms. The topological polar surface area (TPSA) is 17.1 Å². The Morgan fingerprint density at radius 1 is 1.38 bits per heavy atom. The Kier molecular flexibility index (Phi) is 3.10. The fourth-order valence-corrected chi connectivity index (χ4v) is 1.33. The average molecular weight is 197 g/mol. The zero-order valence-electron chi connectivity index (χ0n) is 8.10. The first-order chi connectivity index (χ1) is 6.02. The normalized spacial score (nSPS) is 12.6. The average Bonchev–Trinajstić information content (AvgIpc) is 2.08. The molecule has 0 spiro atoms. The number of carbonyl (C=O) groups is 1. The summed E-state index contributed by atoms with van der Waals surface area (Å²) in [6.07, 6.45) is 0. The van der Waals surface area contributed by atoms with Gasteiger partial charge in [0.25, 0.3) is 0 Å². The highest BCUT2D eigenvalue weighted by Crippen LogP contribution is 2.14. The highest BCUT2D eigenvalue weighted by Gasteiger charge is 2.14. The smallest absolute Gasteiger partial charge is 0.180 e. The van der Waals surface area contributed by atoms with Crippen LogP contribution in [0.1, 0.15) is 28.4 Å². The van der Waals surface area contributed by atoms with E-state index >= 15 is 0 Å². The molecule has 0 radical (unpaired) electrons. The van der Waals surface area contributed by atoms with Crippen molar-refractivity contribution in [2.45, 2.75) is 26.1 Å². The lowest BCUT2D eigenvalue weighted by Gasteiger charge is -2.06. The molecular formula is C11H13ClO. The van der Waals surface area contributed by atoms with Crippen LogP contribution in [0, 0.1) is 13.8 Å². The molecule has 1 nitrogen and oxygen atoms in total. The van der Waals surface area contributed by atoms with E-state index in [1.54, 1.807) is 6.92 Å². The fourth-order valence-electron chi connectivity index (χ4n) is 1.22. The number of Topliss-reactive ketones (excluding diaryl/α,β-unsaturated/α-hetero) is 1. The van der Waals surface area contributed by atoms with E-state index < -0.39 is 5.38 Å². The van der Waals surface area contributed by atoms with E-state index in [4.69, 9.17) is 11.6 Å². The molecule has 0 N–H and O–H groups in total. The van der Waals surface area contributed by atoms with Crippen LogP contribution >= 0.6 is 11.6 Å². The summed E-state index contributed by atoms with van der Waals surface area (Å²) in [5.74, 6) is 0.00265. The Hall–Kier alpha value is -0.820. The summed E-state index contributed by atoms with van der Waals surface area (Å²) in [6, 6.07) is 5.82. The van der Waals surface area contributed by atoms with Crippen molar-refractivity contribution in [1.82, 2.24) is 0 Å². The van der Waals surface area contributed by atoms with Crippen LogP contribution in [0.15, 0.2) is 18.2 Å². The lowest BCUT2D eigenvalue weighted by Crippen LogP contribution is -2.12. The number of carbonyl (C=O) groups excluding carboxylic acids is 1. The third-order valence-electron chi connectivity index (χ3n) is 2.02. The second-order valence-corrected chi connectivity index (χ2v) is 3.95. The van der Waals surface area contributed by atoms with Gasteiger partial charge in [0.05, 0.1) is 5.38 Å². The molecule has 70 valence electrons. The molecule has 0 saturated heterocycles. The summed E-state index contributed by atoms with van der Waals surface area (Å²) >= 11 is 5.74. The van der Waals surface area contributed by atoms with Crippen molar-refractivity contribution in [1.29, 1.82) is 0 Å². The molecule has 1 atom stereocenters. The number of hydrogen-bond acceptors (Lipinski definition) is 1. The van der Waals surface area contributed by atoms with Gasteiger partial charge in [-0.2, -0.15) is 0 Å². The van der Waals surface area contributed by atoms with E-state index in [-0.39, 0.29) is 5.78 Å². The van der Waals surface area contributed by atoms with E-state index in [0.717, 1.165) is 16.7 Å². The van der Waals surface area contributed by atoms with Crippen LogP contribution in [-0.2, 0) is 0 Å². The maximum atomic E-state index is 11.6. The minimum absolute atomic E-state index is 0.00265. The third kappa shape index (κ3) is 2.31. The molecule has 0 saturated carbocycles. The van der Waals surface area contributed by atoms with Crippen LogP contribution in [0.5, 0.6) is 0 Å². The minimum atomic E-state index is -0.444. The number of halogens is 1. The predicted molar refractivity (Wildman–Crippen MR) is 55.6 cm³/mol. The molecule has 1 rings (SSSR count). The second kappa shape index (κ2) is 3.93. The molecule has 1 aromatic rings. The molecule has 0 aliphatic carbocycles. The van der Waals surface area contributed by atoms with Gasteiger partial charge in [0.1, 0.15) is 0 Å². The van der Waals surface area contributed by atoms with Gasteiger partial charge in [-0.05, 0) is 32.4 Å². The number of ketones is 1. The molecule has 0 bridgehead atoms. The van der Waals surface area contributed by atoms with Crippen LogP contribution in [0.25, 0.3) is 0 Å². The number of alkyl halides is 1. The van der Waals surface area contributed by atoms with Gasteiger partial charge in [0.15, 0.2) is 5.78 Å². The molecule has 0 amide bonds. The van der Waals surface area contributed by atoms with E-state index in [9.17, 15) is 4.79 Å². The van der Waals surface area contributed by atoms with Crippen LogP contribution in [0.3, 0.4) is 0 Å². The molecule has 0 fully saturated rings. The quantitative estimate of drug-likeness (QED) is 0.525. The van der Waals surface area contributed by atoms with Gasteiger partial charge in [0.2, 0.25) is 0 Å². The second-order valence-electron chi connectivity index (χ2n) is 3.30. The van der Waals surface area contributed by atoms with Crippen LogP contribution in [0.2, 0.25) is 0 Å². The number of benzene rings is 1. The summed E-state index contributed by atoms with van der Waals surface area (Å²) in [4.78, 5) is 11.6. The first kappa shape index (κ1) is 10.3. The van der Waals surface area contributed by atoms with Crippen LogP contribution in [0.4, 0.5) is 0 Å². The Bertz CT molecular complexity index is 329. The third-order valence-corrected chi connectivity index (χ3v) is 2.22. The van der Waals surface area contributed by atoms with Crippen LogP contribution < -0.4 is 0 Å². The maximum absolute atomic E-state index is 11.6. The molecule has 2 heteroatoms. The predicted octanol–water partition coefficient (Wildman–Crippen LogP) is 3.11. The molecule has 1 unspecified atom stereocenters. The van der Waals surface area contributed by atoms with Gasteiger partial charge in [0, 0.05) is 5.56 Å². The van der Waals surface area contributed by atoms with E-state index in [1.807, 2.05) is 32.0 Å². The van der Waals surface area contributed by atoms with E-state index in [0.29, 0.717) is 0 Å². The zero-order chi connectivity index (χ0) is 10.0. The molecule has 0 aromatic heterocycles. The van der Waals surface area contributed by atoms with Gasteiger partial charge in [-0.15, -0.1) is 11.6 Å². The number of hydrogen-bond donors (Lipinski definition) is 0. The minimum Gasteiger partial charge on any atom is -0.293 e. The lowest BCUT2D eigenvalue weighted by molar-refractivity contribution is 0.0991. The van der Waals surface area contributed by atoms with Gasteiger partial charge < -0.3 is 0 Å². The molecular weight excluding hydrogens is 184 g/mol. The summed E-state index contributed by atoms with van der Waals surface area (Å²) in [6.45, 7) is 5.59. The molecule has 0 aliphatic rings. The first-order valence-corrected chi connectivity index (χ1v) is 4.71. The molecule has 1 aromatic carbocycles. The summed E-state index contributed by atoms with van der Waals surface area (Å²) in [7, 11) is 0. The van der Waals surface area contributed by atoms with Crippen molar-refractivity contribution < 1.29 is 4.79 Å². The Morgan fingerprint density at radius 2 is 2.00 bits per heavy atom. The Balaban J connectivity index is 3.13. The molecule has 0 heterocycles. The zero-order valence-corrected chi connectivity index (χ0v) is 8.85. The summed E-state index contributed by atoms with van der Waals surface area (Å²) in [5.41, 5.74) is 2.82. The van der Waals surface area contributed by atoms with Gasteiger partial charge in [-0.25, -0.2) is 0 Å². The van der Waals surface area contributed by atoms with Crippen molar-refractivity contribution in [2.75, 3.05) is 0 Å². The lowest BCUT2D eigenvalue weighted by atomic mass is 10.0. The van der Waals surface area contributed by atoms with Gasteiger partial charge in [-0.3, -0.25) is 4.79 Å². The van der Waals surface area contributed by atoms with Crippen molar-refractivity contribution in [3.8, 4) is 0 Å². The largest absolute Gasteiger partial charge is 0.293 e. The van der Waals surface area contributed by atoms with Gasteiger partial charge >= 0.3 is 0 Å². The maximum Gasteiger partial charge on any atom is 0.180 e. The summed E-state index contributed by atoms with van der Waals surface area (Å²) < 4.78 is 0. The van der Waals surface area contributed by atoms with Crippen molar-refractivity contribution in [3.63, 3.8) is 0 Å². The van der Waals surface area contributed by atoms with E-state index in [1.165, 1.54) is 0 Å². The monoisotopic (exact) mass is 196 g/mol. The Labute approximate surface area is 83.7 Å². The molecule has 0 aliphatic heterocycles.